The first kappa shape index (κ1) is 9.01. The zero-order chi connectivity index (χ0) is 8.27. The van der Waals surface area contributed by atoms with E-state index in [2.05, 4.69) is 13.8 Å². The minimum atomic E-state index is -0.212. The second-order valence-corrected chi connectivity index (χ2v) is 3.28. The summed E-state index contributed by atoms with van der Waals surface area (Å²) in [6.07, 6.45) is 4.49. The Bertz CT molecular complexity index is 114. The van der Waals surface area contributed by atoms with E-state index < -0.39 is 0 Å². The SMILES string of the molecule is CCCC(O)C1OC1CCC. The van der Waals surface area contributed by atoms with E-state index in [1.54, 1.807) is 0 Å². The van der Waals surface area contributed by atoms with Crippen LogP contribution < -0.4 is 0 Å². The Morgan fingerprint density at radius 2 is 2.09 bits per heavy atom. The van der Waals surface area contributed by atoms with Crippen molar-refractivity contribution in [3.05, 3.63) is 0 Å². The first-order chi connectivity index (χ1) is 5.29. The van der Waals surface area contributed by atoms with Crippen molar-refractivity contribution in [2.75, 3.05) is 0 Å². The van der Waals surface area contributed by atoms with Gasteiger partial charge in [0.1, 0.15) is 6.10 Å². The van der Waals surface area contributed by atoms with E-state index in [9.17, 15) is 5.11 Å². The average molecular weight is 158 g/mol. The third kappa shape index (κ3) is 2.46. The van der Waals surface area contributed by atoms with Crippen molar-refractivity contribution in [2.24, 2.45) is 0 Å². The number of aliphatic hydroxyl groups excluding tert-OH is 1. The lowest BCUT2D eigenvalue weighted by Gasteiger charge is -2.03. The fourth-order valence-corrected chi connectivity index (χ4v) is 1.47. The Morgan fingerprint density at radius 1 is 1.36 bits per heavy atom. The van der Waals surface area contributed by atoms with Gasteiger partial charge in [0.05, 0.1) is 12.2 Å². The van der Waals surface area contributed by atoms with Crippen LogP contribution in [-0.2, 0) is 4.74 Å². The smallest absolute Gasteiger partial charge is 0.110 e. The fraction of sp³-hybridized carbons (Fsp3) is 1.00. The van der Waals surface area contributed by atoms with Gasteiger partial charge in [0.25, 0.3) is 0 Å². The van der Waals surface area contributed by atoms with Crippen LogP contribution >= 0.6 is 0 Å². The van der Waals surface area contributed by atoms with E-state index in [1.807, 2.05) is 0 Å². The van der Waals surface area contributed by atoms with Gasteiger partial charge in [0.2, 0.25) is 0 Å². The summed E-state index contributed by atoms with van der Waals surface area (Å²) in [5.41, 5.74) is 0. The van der Waals surface area contributed by atoms with Crippen LogP contribution in [0, 0.1) is 0 Å². The molecule has 2 nitrogen and oxygen atoms in total. The molecule has 0 spiro atoms. The van der Waals surface area contributed by atoms with Crippen molar-refractivity contribution in [3.63, 3.8) is 0 Å². The van der Waals surface area contributed by atoms with Gasteiger partial charge in [-0.15, -0.1) is 0 Å². The van der Waals surface area contributed by atoms with Gasteiger partial charge in [-0.05, 0) is 12.8 Å². The predicted octanol–water partition coefficient (Wildman–Crippen LogP) is 1.71. The van der Waals surface area contributed by atoms with Gasteiger partial charge >= 0.3 is 0 Å². The van der Waals surface area contributed by atoms with Crippen LogP contribution in [0.5, 0.6) is 0 Å². The molecule has 1 rings (SSSR count). The van der Waals surface area contributed by atoms with E-state index in [0.29, 0.717) is 6.10 Å². The van der Waals surface area contributed by atoms with Gasteiger partial charge in [-0.25, -0.2) is 0 Å². The van der Waals surface area contributed by atoms with Crippen molar-refractivity contribution in [3.8, 4) is 0 Å². The quantitative estimate of drug-likeness (QED) is 0.618. The molecule has 1 heterocycles. The van der Waals surface area contributed by atoms with Crippen molar-refractivity contribution in [2.45, 2.75) is 57.8 Å². The Morgan fingerprint density at radius 3 is 2.64 bits per heavy atom. The molecule has 3 unspecified atom stereocenters. The zero-order valence-corrected chi connectivity index (χ0v) is 7.42. The molecule has 0 aromatic heterocycles. The van der Waals surface area contributed by atoms with Gasteiger partial charge in [-0.2, -0.15) is 0 Å². The summed E-state index contributed by atoms with van der Waals surface area (Å²) in [6.45, 7) is 4.23. The van der Waals surface area contributed by atoms with Gasteiger partial charge in [-0.1, -0.05) is 26.7 Å². The number of epoxide rings is 1. The first-order valence-corrected chi connectivity index (χ1v) is 4.63. The molecule has 1 aliphatic heterocycles. The lowest BCUT2D eigenvalue weighted by Crippen LogP contribution is -2.16. The topological polar surface area (TPSA) is 32.8 Å². The monoisotopic (exact) mass is 158 g/mol. The average Bonchev–Trinajstić information content (AvgIpc) is 2.69. The summed E-state index contributed by atoms with van der Waals surface area (Å²) in [6, 6.07) is 0. The first-order valence-electron chi connectivity index (χ1n) is 4.63. The molecular formula is C9H18O2. The number of aliphatic hydroxyl groups is 1. The second-order valence-electron chi connectivity index (χ2n) is 3.28. The third-order valence-corrected chi connectivity index (χ3v) is 2.16. The number of hydrogen-bond donors (Lipinski definition) is 1. The van der Waals surface area contributed by atoms with Gasteiger partial charge in [-0.3, -0.25) is 0 Å². The van der Waals surface area contributed by atoms with E-state index in [4.69, 9.17) is 4.74 Å². The maximum absolute atomic E-state index is 9.46. The highest BCUT2D eigenvalue weighted by Crippen LogP contribution is 2.30. The highest BCUT2D eigenvalue weighted by atomic mass is 16.6. The van der Waals surface area contributed by atoms with E-state index in [0.717, 1.165) is 25.7 Å². The second kappa shape index (κ2) is 4.07. The molecule has 0 radical (unpaired) electrons. The molecule has 1 aliphatic rings. The lowest BCUT2D eigenvalue weighted by atomic mass is 10.1. The van der Waals surface area contributed by atoms with Gasteiger partial charge < -0.3 is 9.84 Å². The summed E-state index contributed by atoms with van der Waals surface area (Å²) in [4.78, 5) is 0. The molecule has 66 valence electrons. The highest BCUT2D eigenvalue weighted by molar-refractivity contribution is 4.89. The molecule has 3 atom stereocenters. The standard InChI is InChI=1S/C9H18O2/c1-3-5-7(10)9-8(11-9)6-4-2/h7-10H,3-6H2,1-2H3. The minimum absolute atomic E-state index is 0.162. The summed E-state index contributed by atoms with van der Waals surface area (Å²) in [7, 11) is 0. The van der Waals surface area contributed by atoms with E-state index in [1.165, 1.54) is 0 Å². The van der Waals surface area contributed by atoms with Gasteiger partial charge in [0.15, 0.2) is 0 Å². The van der Waals surface area contributed by atoms with Crippen LogP contribution in [-0.4, -0.2) is 23.4 Å². The molecule has 0 aromatic carbocycles. The third-order valence-electron chi connectivity index (χ3n) is 2.16. The molecule has 0 bridgehead atoms. The molecule has 2 heteroatoms. The Kier molecular flexibility index (Phi) is 3.34. The van der Waals surface area contributed by atoms with Crippen molar-refractivity contribution in [1.82, 2.24) is 0 Å². The number of rotatable bonds is 5. The minimum Gasteiger partial charge on any atom is -0.390 e. The molecule has 1 fully saturated rings. The molecule has 0 amide bonds. The largest absolute Gasteiger partial charge is 0.390 e. The van der Waals surface area contributed by atoms with Crippen LogP contribution in [0.25, 0.3) is 0 Å². The number of ether oxygens (including phenoxy) is 1. The molecule has 1 saturated heterocycles. The fourth-order valence-electron chi connectivity index (χ4n) is 1.47. The van der Waals surface area contributed by atoms with E-state index in [-0.39, 0.29) is 12.2 Å². The molecule has 0 aliphatic carbocycles. The van der Waals surface area contributed by atoms with Crippen molar-refractivity contribution in [1.29, 1.82) is 0 Å². The van der Waals surface area contributed by atoms with Crippen LogP contribution in [0.2, 0.25) is 0 Å². The zero-order valence-electron chi connectivity index (χ0n) is 7.42. The summed E-state index contributed by atoms with van der Waals surface area (Å²) >= 11 is 0. The molecular weight excluding hydrogens is 140 g/mol. The molecule has 0 aromatic rings. The normalized spacial score (nSPS) is 31.9. The lowest BCUT2D eigenvalue weighted by molar-refractivity contribution is 0.126. The maximum Gasteiger partial charge on any atom is 0.110 e. The Hall–Kier alpha value is -0.0800. The van der Waals surface area contributed by atoms with Crippen molar-refractivity contribution >= 4 is 0 Å². The summed E-state index contributed by atoms with van der Waals surface area (Å²) < 4.78 is 5.32. The van der Waals surface area contributed by atoms with Crippen molar-refractivity contribution < 1.29 is 9.84 Å². The molecule has 11 heavy (non-hydrogen) atoms. The highest BCUT2D eigenvalue weighted by Gasteiger charge is 2.42. The van der Waals surface area contributed by atoms with E-state index >= 15 is 0 Å². The number of hydrogen-bond acceptors (Lipinski definition) is 2. The summed E-state index contributed by atoms with van der Waals surface area (Å²) in [5, 5.41) is 9.46. The van der Waals surface area contributed by atoms with Crippen LogP contribution in [0.15, 0.2) is 0 Å². The predicted molar refractivity (Wildman–Crippen MR) is 44.5 cm³/mol. The molecule has 0 saturated carbocycles. The summed E-state index contributed by atoms with van der Waals surface area (Å²) in [5.74, 6) is 0. The van der Waals surface area contributed by atoms with Crippen LogP contribution in [0.3, 0.4) is 0 Å². The van der Waals surface area contributed by atoms with Crippen LogP contribution in [0.1, 0.15) is 39.5 Å². The Labute approximate surface area is 68.6 Å². The Balaban J connectivity index is 2.10. The maximum atomic E-state index is 9.46. The van der Waals surface area contributed by atoms with Gasteiger partial charge in [0, 0.05) is 0 Å². The molecule has 1 N–H and O–H groups in total. The van der Waals surface area contributed by atoms with Crippen LogP contribution in [0.4, 0.5) is 0 Å².